The topological polar surface area (TPSA) is 66.9 Å². The van der Waals surface area contributed by atoms with Crippen molar-refractivity contribution in [3.8, 4) is 0 Å². The van der Waals surface area contributed by atoms with Crippen LogP contribution in [0.1, 0.15) is 33.1 Å². The predicted molar refractivity (Wildman–Crippen MR) is 78.7 cm³/mol. The number of esters is 1. The summed E-state index contributed by atoms with van der Waals surface area (Å²) in [6.07, 6.45) is 2.34. The summed E-state index contributed by atoms with van der Waals surface area (Å²) in [6.45, 7) is 4.60. The van der Waals surface area contributed by atoms with Crippen molar-refractivity contribution in [1.82, 2.24) is 9.80 Å². The lowest BCUT2D eigenvalue weighted by molar-refractivity contribution is -0.154. The van der Waals surface area contributed by atoms with Gasteiger partial charge in [-0.05, 0) is 33.7 Å². The van der Waals surface area contributed by atoms with Crippen LogP contribution in [0.15, 0.2) is 0 Å². The van der Waals surface area contributed by atoms with E-state index in [1.165, 1.54) is 19.8 Å². The monoisotopic (exact) mass is 298 g/mol. The summed E-state index contributed by atoms with van der Waals surface area (Å²) in [4.78, 5) is 39.1. The third kappa shape index (κ3) is 5.83. The largest absolute Gasteiger partial charge is 0.465 e. The Balaban J connectivity index is 2.43. The molecule has 0 heterocycles. The number of ether oxygens (including phenoxy) is 1. The van der Waals surface area contributed by atoms with E-state index in [-0.39, 0.29) is 24.7 Å². The minimum Gasteiger partial charge on any atom is -0.465 e. The van der Waals surface area contributed by atoms with Crippen molar-refractivity contribution in [2.24, 2.45) is 5.92 Å². The molecule has 6 nitrogen and oxygen atoms in total. The Morgan fingerprint density at radius 2 is 1.81 bits per heavy atom. The molecule has 21 heavy (non-hydrogen) atoms. The van der Waals surface area contributed by atoms with Gasteiger partial charge in [-0.15, -0.1) is 0 Å². The molecular weight excluding hydrogens is 272 g/mol. The summed E-state index contributed by atoms with van der Waals surface area (Å²) in [5.41, 5.74) is 0. The zero-order chi connectivity index (χ0) is 16.0. The number of carbonyl (C=O) groups excluding carboxylic acids is 3. The van der Waals surface area contributed by atoms with Crippen LogP contribution in [0.3, 0.4) is 0 Å². The lowest BCUT2D eigenvalue weighted by Gasteiger charge is -2.23. The number of carbonyl (C=O) groups is 3. The van der Waals surface area contributed by atoms with E-state index in [0.717, 1.165) is 6.54 Å². The smallest absolute Gasteiger partial charge is 0.316 e. The Morgan fingerprint density at radius 1 is 1.19 bits per heavy atom. The Labute approximate surface area is 126 Å². The van der Waals surface area contributed by atoms with Crippen molar-refractivity contribution in [2.75, 3.05) is 33.8 Å². The molecule has 0 aromatic heterocycles. The van der Waals surface area contributed by atoms with Gasteiger partial charge in [-0.1, -0.05) is 0 Å². The van der Waals surface area contributed by atoms with Gasteiger partial charge in [0.05, 0.1) is 6.61 Å². The van der Waals surface area contributed by atoms with Gasteiger partial charge >= 0.3 is 5.97 Å². The second-order valence-corrected chi connectivity index (χ2v) is 5.65. The van der Waals surface area contributed by atoms with Crippen LogP contribution in [0, 0.1) is 5.92 Å². The quantitative estimate of drug-likeness (QED) is 0.463. The summed E-state index contributed by atoms with van der Waals surface area (Å²) in [5, 5.41) is 0. The van der Waals surface area contributed by atoms with Crippen LogP contribution < -0.4 is 0 Å². The summed E-state index contributed by atoms with van der Waals surface area (Å²) in [6, 6.07) is 0.651. The van der Waals surface area contributed by atoms with Gasteiger partial charge in [0.2, 0.25) is 5.91 Å². The van der Waals surface area contributed by atoms with E-state index in [4.69, 9.17) is 4.74 Å². The molecule has 0 bridgehead atoms. The molecule has 0 spiro atoms. The van der Waals surface area contributed by atoms with Crippen molar-refractivity contribution in [3.05, 3.63) is 0 Å². The number of Topliss-reactive ketones (excluding diaryl/α,β-unsaturated/α-hetero) is 1. The Hall–Kier alpha value is -1.43. The van der Waals surface area contributed by atoms with Gasteiger partial charge in [-0.2, -0.15) is 0 Å². The Kier molecular flexibility index (Phi) is 6.81. The molecule has 6 heteroatoms. The molecule has 0 aromatic carbocycles. The Morgan fingerprint density at radius 3 is 2.29 bits per heavy atom. The van der Waals surface area contributed by atoms with E-state index >= 15 is 0 Å². The molecule has 1 rings (SSSR count). The number of nitrogens with zero attached hydrogens (tertiary/aromatic N) is 2. The van der Waals surface area contributed by atoms with E-state index in [1.807, 2.05) is 7.05 Å². The van der Waals surface area contributed by atoms with Crippen LogP contribution in [0.5, 0.6) is 0 Å². The molecule has 0 radical (unpaired) electrons. The van der Waals surface area contributed by atoms with Gasteiger partial charge in [0.25, 0.3) is 0 Å². The van der Waals surface area contributed by atoms with Crippen molar-refractivity contribution in [3.63, 3.8) is 0 Å². The molecule has 0 aliphatic heterocycles. The van der Waals surface area contributed by atoms with Crippen molar-refractivity contribution in [1.29, 1.82) is 0 Å². The number of likely N-dealkylation sites (N-methyl/N-ethyl adjacent to an activating group) is 2. The second kappa shape index (κ2) is 8.12. The molecule has 120 valence electrons. The molecule has 1 atom stereocenters. The molecular formula is C15H26N2O4. The van der Waals surface area contributed by atoms with Crippen LogP contribution in [0.2, 0.25) is 0 Å². The van der Waals surface area contributed by atoms with E-state index < -0.39 is 11.9 Å². The maximum Gasteiger partial charge on any atom is 0.316 e. The van der Waals surface area contributed by atoms with E-state index in [1.54, 1.807) is 18.9 Å². The summed E-state index contributed by atoms with van der Waals surface area (Å²) < 4.78 is 4.85. The third-order valence-corrected chi connectivity index (χ3v) is 3.82. The molecule has 1 saturated carbocycles. The normalized spacial score (nSPS) is 15.7. The maximum absolute atomic E-state index is 12.1. The van der Waals surface area contributed by atoms with Crippen molar-refractivity contribution >= 4 is 17.7 Å². The third-order valence-electron chi connectivity index (χ3n) is 3.82. The summed E-state index contributed by atoms with van der Waals surface area (Å²) in [5.74, 6) is -2.12. The van der Waals surface area contributed by atoms with E-state index in [2.05, 4.69) is 4.90 Å². The second-order valence-electron chi connectivity index (χ2n) is 5.65. The van der Waals surface area contributed by atoms with Crippen LogP contribution >= 0.6 is 0 Å². The van der Waals surface area contributed by atoms with Gasteiger partial charge in [-0.3, -0.25) is 14.4 Å². The SMILES string of the molecule is CCOC(=O)[C@@H](CC(=O)N(C)CCN(C)C1CC1)C(C)=O. The number of hydrogen-bond donors (Lipinski definition) is 0. The maximum atomic E-state index is 12.1. The molecule has 0 N–H and O–H groups in total. The molecule has 0 aromatic rings. The minimum atomic E-state index is -0.985. The van der Waals surface area contributed by atoms with E-state index in [0.29, 0.717) is 12.6 Å². The van der Waals surface area contributed by atoms with Gasteiger partial charge in [-0.25, -0.2) is 0 Å². The molecule has 1 amide bonds. The first-order valence-corrected chi connectivity index (χ1v) is 7.48. The van der Waals surface area contributed by atoms with Crippen molar-refractivity contribution in [2.45, 2.75) is 39.2 Å². The molecule has 1 aliphatic carbocycles. The number of hydrogen-bond acceptors (Lipinski definition) is 5. The first-order valence-electron chi connectivity index (χ1n) is 7.48. The fraction of sp³-hybridized carbons (Fsp3) is 0.800. The van der Waals surface area contributed by atoms with Crippen LogP contribution in [-0.4, -0.2) is 67.3 Å². The van der Waals surface area contributed by atoms with Gasteiger partial charge in [0.1, 0.15) is 11.7 Å². The highest BCUT2D eigenvalue weighted by Gasteiger charge is 2.29. The van der Waals surface area contributed by atoms with Gasteiger partial charge < -0.3 is 14.5 Å². The summed E-state index contributed by atoms with van der Waals surface area (Å²) >= 11 is 0. The van der Waals surface area contributed by atoms with Gasteiger partial charge in [0.15, 0.2) is 0 Å². The van der Waals surface area contributed by atoms with Crippen LogP contribution in [0.4, 0.5) is 0 Å². The zero-order valence-electron chi connectivity index (χ0n) is 13.4. The predicted octanol–water partition coefficient (Wildman–Crippen LogP) is 0.697. The zero-order valence-corrected chi connectivity index (χ0v) is 13.4. The highest BCUT2D eigenvalue weighted by Crippen LogP contribution is 2.24. The number of amides is 1. The first kappa shape index (κ1) is 17.6. The molecule has 0 saturated heterocycles. The Bertz CT molecular complexity index is 393. The lowest BCUT2D eigenvalue weighted by Crippen LogP contribution is -2.38. The molecule has 1 aliphatic rings. The van der Waals surface area contributed by atoms with Crippen molar-refractivity contribution < 1.29 is 19.1 Å². The van der Waals surface area contributed by atoms with Gasteiger partial charge in [0, 0.05) is 32.6 Å². The minimum absolute atomic E-state index is 0.113. The highest BCUT2D eigenvalue weighted by molar-refractivity contribution is 6.01. The fourth-order valence-corrected chi connectivity index (χ4v) is 2.10. The average Bonchev–Trinajstić information content (AvgIpc) is 3.25. The molecule has 1 fully saturated rings. The molecule has 0 unspecified atom stereocenters. The summed E-state index contributed by atoms with van der Waals surface area (Å²) in [7, 11) is 3.75. The fourth-order valence-electron chi connectivity index (χ4n) is 2.10. The number of ketones is 1. The standard InChI is InChI=1S/C15H26N2O4/c1-5-21-15(20)13(11(2)18)10-14(19)17(4)9-8-16(3)12-6-7-12/h12-13H,5-10H2,1-4H3/t13-/m0/s1. The number of rotatable bonds is 9. The van der Waals surface area contributed by atoms with Crippen LogP contribution in [0.25, 0.3) is 0 Å². The first-order chi connectivity index (χ1) is 9.86. The van der Waals surface area contributed by atoms with E-state index in [9.17, 15) is 14.4 Å². The lowest BCUT2D eigenvalue weighted by atomic mass is 10.0. The van der Waals surface area contributed by atoms with Crippen LogP contribution in [-0.2, 0) is 19.1 Å². The average molecular weight is 298 g/mol. The highest BCUT2D eigenvalue weighted by atomic mass is 16.5.